The number of hydrogen-bond donors (Lipinski definition) is 4. The maximum atomic E-state index is 12.2. The van der Waals surface area contributed by atoms with E-state index in [9.17, 15) is 9.59 Å². The molecule has 0 fully saturated rings. The second-order valence-corrected chi connectivity index (χ2v) is 7.75. The van der Waals surface area contributed by atoms with Crippen LogP contribution in [-0.2, 0) is 16.1 Å². The van der Waals surface area contributed by atoms with Gasteiger partial charge in [0.1, 0.15) is 11.4 Å². The van der Waals surface area contributed by atoms with Gasteiger partial charge in [0.15, 0.2) is 5.96 Å². The number of nitrogens with zero attached hydrogens (tertiary/aromatic N) is 1. The van der Waals surface area contributed by atoms with E-state index in [2.05, 4.69) is 26.3 Å². The number of nitrogens with one attached hydrogen (secondary N) is 4. The zero-order valence-electron chi connectivity index (χ0n) is 18.8. The number of aliphatic imine (C=N–C) groups is 1. The molecular weight excluding hydrogens is 501 g/mol. The molecule has 10 heteroatoms. The molecule has 0 spiro atoms. The van der Waals surface area contributed by atoms with Gasteiger partial charge in [-0.3, -0.25) is 9.79 Å². The molecule has 0 radical (unpaired) electrons. The van der Waals surface area contributed by atoms with Crippen molar-refractivity contribution in [3.8, 4) is 0 Å². The number of guanidine groups is 1. The van der Waals surface area contributed by atoms with Gasteiger partial charge in [-0.25, -0.2) is 4.79 Å². The van der Waals surface area contributed by atoms with Gasteiger partial charge in [0.05, 0.1) is 24.9 Å². The zero-order chi connectivity index (χ0) is 21.9. The van der Waals surface area contributed by atoms with Crippen LogP contribution in [0, 0.1) is 0 Å². The Morgan fingerprint density at radius 1 is 1.13 bits per heavy atom. The first-order valence-corrected chi connectivity index (χ1v) is 9.88. The van der Waals surface area contributed by atoms with E-state index < -0.39 is 17.2 Å². The highest BCUT2D eigenvalue weighted by atomic mass is 127. The molecule has 0 aliphatic carbocycles. The van der Waals surface area contributed by atoms with Gasteiger partial charge in [-0.15, -0.1) is 24.0 Å². The summed E-state index contributed by atoms with van der Waals surface area (Å²) in [5.41, 5.74) is -1.06. The number of halogens is 1. The Balaban J connectivity index is 0.00000841. The van der Waals surface area contributed by atoms with E-state index in [4.69, 9.17) is 9.15 Å². The highest BCUT2D eigenvalue weighted by Crippen LogP contribution is 2.16. The number of rotatable bonds is 9. The predicted molar refractivity (Wildman–Crippen MR) is 128 cm³/mol. The highest BCUT2D eigenvalue weighted by Gasteiger charge is 2.30. The molecule has 1 rings (SSSR count). The summed E-state index contributed by atoms with van der Waals surface area (Å²) in [7, 11) is 1.62. The minimum Gasteiger partial charge on any atom is -0.467 e. The first kappa shape index (κ1) is 28.0. The molecule has 172 valence electrons. The largest absolute Gasteiger partial charge is 0.467 e. The lowest BCUT2D eigenvalue weighted by molar-refractivity contribution is -0.120. The van der Waals surface area contributed by atoms with Crippen molar-refractivity contribution in [2.24, 2.45) is 4.99 Å². The van der Waals surface area contributed by atoms with E-state index >= 15 is 0 Å². The monoisotopic (exact) mass is 537 g/mol. The number of carbonyl (C=O) groups excluding carboxylic acids is 2. The lowest BCUT2D eigenvalue weighted by atomic mass is 9.93. The van der Waals surface area contributed by atoms with Crippen molar-refractivity contribution in [2.45, 2.75) is 65.1 Å². The van der Waals surface area contributed by atoms with Crippen LogP contribution >= 0.6 is 24.0 Å². The number of hydrogen-bond acceptors (Lipinski definition) is 5. The van der Waals surface area contributed by atoms with Gasteiger partial charge in [-0.05, 0) is 45.7 Å². The fourth-order valence-electron chi connectivity index (χ4n) is 2.54. The quantitative estimate of drug-likeness (QED) is 0.219. The van der Waals surface area contributed by atoms with Crippen molar-refractivity contribution >= 4 is 41.9 Å². The molecule has 1 heterocycles. The van der Waals surface area contributed by atoms with Crippen molar-refractivity contribution in [3.05, 3.63) is 24.2 Å². The van der Waals surface area contributed by atoms with Crippen LogP contribution in [0.1, 0.15) is 53.2 Å². The Kier molecular flexibility index (Phi) is 12.5. The molecule has 0 saturated heterocycles. The van der Waals surface area contributed by atoms with E-state index in [0.717, 1.165) is 0 Å². The predicted octanol–water partition coefficient (Wildman–Crippen LogP) is 2.76. The third-order valence-electron chi connectivity index (χ3n) is 4.39. The molecule has 30 heavy (non-hydrogen) atoms. The summed E-state index contributed by atoms with van der Waals surface area (Å²) >= 11 is 0. The van der Waals surface area contributed by atoms with Gasteiger partial charge in [0.25, 0.3) is 0 Å². The van der Waals surface area contributed by atoms with Gasteiger partial charge in [-0.2, -0.15) is 0 Å². The Hall–Kier alpha value is -1.98. The molecule has 0 atom stereocenters. The molecular formula is C20H36IN5O4. The highest BCUT2D eigenvalue weighted by molar-refractivity contribution is 14.0. The number of furan rings is 1. The standard InChI is InChI=1S/C20H35N5O4.HI/c1-7-20(8-2,25-18(27)29-19(3,4)5)14-24-17(21-6)23-13-16(26)22-12-15-10-9-11-28-15;/h9-11H,7-8,12-14H2,1-6H3,(H,22,26)(H,25,27)(H2,21,23,24);1H. The van der Waals surface area contributed by atoms with Crippen LogP contribution in [0.4, 0.5) is 4.79 Å². The Bertz CT molecular complexity index is 667. The second kappa shape index (κ2) is 13.3. The van der Waals surface area contributed by atoms with Gasteiger partial charge >= 0.3 is 6.09 Å². The maximum Gasteiger partial charge on any atom is 0.408 e. The van der Waals surface area contributed by atoms with Crippen molar-refractivity contribution in [1.82, 2.24) is 21.3 Å². The van der Waals surface area contributed by atoms with Crippen molar-refractivity contribution in [1.29, 1.82) is 0 Å². The van der Waals surface area contributed by atoms with Crippen LogP contribution in [0.5, 0.6) is 0 Å². The van der Waals surface area contributed by atoms with Gasteiger partial charge in [-0.1, -0.05) is 13.8 Å². The Morgan fingerprint density at radius 3 is 2.30 bits per heavy atom. The first-order chi connectivity index (χ1) is 13.6. The zero-order valence-corrected chi connectivity index (χ0v) is 21.1. The molecule has 1 aromatic rings. The molecule has 2 amide bonds. The third kappa shape index (κ3) is 10.7. The van der Waals surface area contributed by atoms with Crippen LogP contribution in [0.3, 0.4) is 0 Å². The molecule has 9 nitrogen and oxygen atoms in total. The summed E-state index contributed by atoms with van der Waals surface area (Å²) in [5.74, 6) is 0.966. The normalized spacial score (nSPS) is 11.9. The van der Waals surface area contributed by atoms with E-state index in [-0.39, 0.29) is 36.4 Å². The van der Waals surface area contributed by atoms with Crippen molar-refractivity contribution < 1.29 is 18.7 Å². The number of amides is 2. The number of alkyl carbamates (subject to hydrolysis) is 1. The fourth-order valence-corrected chi connectivity index (χ4v) is 2.54. The van der Waals surface area contributed by atoms with Crippen molar-refractivity contribution in [3.63, 3.8) is 0 Å². The van der Waals surface area contributed by atoms with Crippen LogP contribution < -0.4 is 21.3 Å². The van der Waals surface area contributed by atoms with E-state index in [1.165, 1.54) is 0 Å². The van der Waals surface area contributed by atoms with E-state index in [1.807, 2.05) is 34.6 Å². The molecule has 0 aliphatic heterocycles. The van der Waals surface area contributed by atoms with Crippen LogP contribution in [0.25, 0.3) is 0 Å². The average molecular weight is 537 g/mol. The Morgan fingerprint density at radius 2 is 1.80 bits per heavy atom. The topological polar surface area (TPSA) is 117 Å². The number of carbonyl (C=O) groups is 2. The fraction of sp³-hybridized carbons (Fsp3) is 0.650. The molecule has 1 aromatic heterocycles. The second-order valence-electron chi connectivity index (χ2n) is 7.75. The van der Waals surface area contributed by atoms with Gasteiger partial charge < -0.3 is 30.4 Å². The average Bonchev–Trinajstić information content (AvgIpc) is 3.17. The Labute approximate surface area is 196 Å². The minimum atomic E-state index is -0.564. The molecule has 0 aliphatic rings. The lowest BCUT2D eigenvalue weighted by Gasteiger charge is -2.34. The SMILES string of the molecule is CCC(CC)(CNC(=NC)NCC(=O)NCc1ccco1)NC(=O)OC(C)(C)C.I. The van der Waals surface area contributed by atoms with Gasteiger partial charge in [0, 0.05) is 13.6 Å². The van der Waals surface area contributed by atoms with Crippen molar-refractivity contribution in [2.75, 3.05) is 20.1 Å². The smallest absolute Gasteiger partial charge is 0.408 e. The first-order valence-electron chi connectivity index (χ1n) is 9.88. The number of ether oxygens (including phenoxy) is 1. The lowest BCUT2D eigenvalue weighted by Crippen LogP contribution is -2.57. The third-order valence-corrected chi connectivity index (χ3v) is 4.39. The summed E-state index contributed by atoms with van der Waals surface area (Å²) in [4.78, 5) is 28.3. The molecule has 0 aromatic carbocycles. The van der Waals surface area contributed by atoms with Crippen LogP contribution in [0.15, 0.2) is 27.8 Å². The summed E-state index contributed by atoms with van der Waals surface area (Å²) in [5, 5.41) is 11.9. The maximum absolute atomic E-state index is 12.2. The molecule has 0 bridgehead atoms. The van der Waals surface area contributed by atoms with Crippen LogP contribution in [-0.4, -0.2) is 49.2 Å². The van der Waals surface area contributed by atoms with Gasteiger partial charge in [0.2, 0.25) is 5.91 Å². The summed E-state index contributed by atoms with van der Waals surface area (Å²) in [6, 6.07) is 3.56. The van der Waals surface area contributed by atoms with E-state index in [0.29, 0.717) is 37.7 Å². The molecule has 0 unspecified atom stereocenters. The molecule has 4 N–H and O–H groups in total. The van der Waals surface area contributed by atoms with Crippen LogP contribution in [0.2, 0.25) is 0 Å². The minimum absolute atomic E-state index is 0. The summed E-state index contributed by atoms with van der Waals surface area (Å²) in [6.45, 7) is 10.3. The molecule has 0 saturated carbocycles. The summed E-state index contributed by atoms with van der Waals surface area (Å²) in [6.07, 6.45) is 2.51. The summed E-state index contributed by atoms with van der Waals surface area (Å²) < 4.78 is 10.6. The van der Waals surface area contributed by atoms with E-state index in [1.54, 1.807) is 25.4 Å².